The summed E-state index contributed by atoms with van der Waals surface area (Å²) in [6.07, 6.45) is 3.26. The highest BCUT2D eigenvalue weighted by Crippen LogP contribution is 2.03. The van der Waals surface area contributed by atoms with Crippen molar-refractivity contribution in [3.63, 3.8) is 0 Å². The predicted octanol–water partition coefficient (Wildman–Crippen LogP) is 0.473. The van der Waals surface area contributed by atoms with Gasteiger partial charge in [-0.1, -0.05) is 30.3 Å². The molecule has 1 aromatic rings. The zero-order valence-corrected chi connectivity index (χ0v) is 8.99. The van der Waals surface area contributed by atoms with E-state index in [0.29, 0.717) is 0 Å². The summed E-state index contributed by atoms with van der Waals surface area (Å²) < 4.78 is 0. The van der Waals surface area contributed by atoms with E-state index in [1.54, 1.807) is 19.4 Å². The Labute approximate surface area is 94.4 Å². The minimum absolute atomic E-state index is 0.131. The quantitative estimate of drug-likeness (QED) is 0.705. The molecule has 1 aromatic carbocycles. The second-order valence-corrected chi connectivity index (χ2v) is 3.15. The molecule has 2 N–H and O–H groups in total. The van der Waals surface area contributed by atoms with Crippen LogP contribution in [-0.4, -0.2) is 25.8 Å². The van der Waals surface area contributed by atoms with Gasteiger partial charge < -0.3 is 10.6 Å². The van der Waals surface area contributed by atoms with E-state index in [9.17, 15) is 9.59 Å². The number of carbonyl (C=O) groups excluding carboxylic acids is 2. The van der Waals surface area contributed by atoms with Gasteiger partial charge in [-0.2, -0.15) is 0 Å². The fraction of sp³-hybridized carbons (Fsp3) is 0.167. The van der Waals surface area contributed by atoms with Gasteiger partial charge in [0.1, 0.15) is 0 Å². The van der Waals surface area contributed by atoms with Crippen molar-refractivity contribution in [3.05, 3.63) is 41.6 Å². The first-order chi connectivity index (χ1) is 7.76. The van der Waals surface area contributed by atoms with Crippen molar-refractivity contribution in [3.8, 4) is 0 Å². The Bertz CT molecular complexity index is 385. The zero-order chi connectivity index (χ0) is 11.8. The first kappa shape index (κ1) is 12.1. The van der Waals surface area contributed by atoms with E-state index < -0.39 is 0 Å². The fourth-order valence-corrected chi connectivity index (χ4v) is 1.16. The van der Waals surface area contributed by atoms with E-state index in [2.05, 4.69) is 10.6 Å². The van der Waals surface area contributed by atoms with Crippen LogP contribution in [0.4, 0.5) is 0 Å². The Morgan fingerprint density at radius 2 is 2.06 bits per heavy atom. The van der Waals surface area contributed by atoms with Crippen molar-refractivity contribution < 1.29 is 9.59 Å². The third kappa shape index (κ3) is 4.06. The number of rotatable bonds is 5. The molecule has 0 aliphatic heterocycles. The number of hydrogen-bond acceptors (Lipinski definition) is 3. The Morgan fingerprint density at radius 1 is 1.38 bits per heavy atom. The topological polar surface area (TPSA) is 58.2 Å². The molecule has 1 amide bonds. The monoisotopic (exact) mass is 217 g/mol. The number of hydrogen-bond donors (Lipinski definition) is 2. The lowest BCUT2D eigenvalue weighted by molar-refractivity contribution is -0.119. The van der Waals surface area contributed by atoms with Crippen LogP contribution in [0.1, 0.15) is 5.56 Å². The molecule has 0 aliphatic carbocycles. The lowest BCUT2D eigenvalue weighted by Gasteiger charge is -2.02. The molecular formula is C12H13N2O2. The molecule has 0 fully saturated rings. The maximum atomic E-state index is 11.2. The van der Waals surface area contributed by atoms with E-state index >= 15 is 0 Å². The summed E-state index contributed by atoms with van der Waals surface area (Å²) in [5.74, 6) is -0.270. The van der Waals surface area contributed by atoms with Crippen LogP contribution >= 0.6 is 0 Å². The molecule has 0 unspecified atom stereocenters. The first-order valence-corrected chi connectivity index (χ1v) is 4.85. The molecule has 0 saturated heterocycles. The Kier molecular flexibility index (Phi) is 4.95. The minimum atomic E-state index is -0.270. The Morgan fingerprint density at radius 3 is 2.62 bits per heavy atom. The summed E-state index contributed by atoms with van der Waals surface area (Å²) in [5.41, 5.74) is 0.969. The summed E-state index contributed by atoms with van der Waals surface area (Å²) in [4.78, 5) is 21.8. The van der Waals surface area contributed by atoms with Gasteiger partial charge >= 0.3 is 0 Å². The fourth-order valence-electron chi connectivity index (χ4n) is 1.16. The molecule has 0 atom stereocenters. The highest BCUT2D eigenvalue weighted by molar-refractivity contribution is 5.90. The van der Waals surface area contributed by atoms with Gasteiger partial charge in [0.25, 0.3) is 6.29 Å². The average molecular weight is 217 g/mol. The maximum absolute atomic E-state index is 11.2. The normalized spacial score (nSPS) is 10.9. The van der Waals surface area contributed by atoms with E-state index in [-0.39, 0.29) is 18.1 Å². The van der Waals surface area contributed by atoms with Crippen molar-refractivity contribution in [1.29, 1.82) is 0 Å². The van der Waals surface area contributed by atoms with Crippen molar-refractivity contribution in [2.75, 3.05) is 13.6 Å². The molecule has 4 heteroatoms. The van der Waals surface area contributed by atoms with Gasteiger partial charge in [-0.15, -0.1) is 0 Å². The van der Waals surface area contributed by atoms with Gasteiger partial charge in [0.15, 0.2) is 0 Å². The van der Waals surface area contributed by atoms with E-state index in [1.165, 1.54) is 0 Å². The van der Waals surface area contributed by atoms with Crippen LogP contribution in [0.15, 0.2) is 36.0 Å². The third-order valence-electron chi connectivity index (χ3n) is 1.83. The lowest BCUT2D eigenvalue weighted by Crippen LogP contribution is -2.31. The molecule has 0 bridgehead atoms. The summed E-state index contributed by atoms with van der Waals surface area (Å²) >= 11 is 0. The zero-order valence-electron chi connectivity index (χ0n) is 8.99. The van der Waals surface area contributed by atoms with Gasteiger partial charge in [-0.25, -0.2) is 0 Å². The molecular weight excluding hydrogens is 204 g/mol. The minimum Gasteiger partial charge on any atom is -0.322 e. The summed E-state index contributed by atoms with van der Waals surface area (Å²) in [6, 6.07) is 9.25. The number of carbonyl (C=O) groups is 1. The number of benzene rings is 1. The number of nitrogens with one attached hydrogen (secondary N) is 2. The molecule has 0 aromatic heterocycles. The number of amides is 1. The lowest BCUT2D eigenvalue weighted by atomic mass is 10.2. The van der Waals surface area contributed by atoms with E-state index in [4.69, 9.17) is 0 Å². The molecule has 1 rings (SSSR count). The molecule has 0 heterocycles. The van der Waals surface area contributed by atoms with Crippen LogP contribution in [0.3, 0.4) is 0 Å². The van der Waals surface area contributed by atoms with Gasteiger partial charge in [0.05, 0.1) is 12.2 Å². The van der Waals surface area contributed by atoms with Gasteiger partial charge in [0.2, 0.25) is 5.91 Å². The second kappa shape index (κ2) is 6.53. The van der Waals surface area contributed by atoms with E-state index in [1.807, 2.05) is 30.3 Å². The Balaban J connectivity index is 2.71. The molecule has 0 aliphatic rings. The van der Waals surface area contributed by atoms with Crippen LogP contribution in [0, 0.1) is 0 Å². The van der Waals surface area contributed by atoms with Gasteiger partial charge in [-0.3, -0.25) is 9.59 Å². The predicted molar refractivity (Wildman–Crippen MR) is 62.2 cm³/mol. The van der Waals surface area contributed by atoms with Gasteiger partial charge in [0, 0.05) is 0 Å². The highest BCUT2D eigenvalue weighted by atomic mass is 16.2. The first-order valence-electron chi connectivity index (χ1n) is 4.85. The maximum Gasteiger partial charge on any atom is 0.251 e. The molecule has 4 nitrogen and oxygen atoms in total. The largest absolute Gasteiger partial charge is 0.322 e. The van der Waals surface area contributed by atoms with Crippen LogP contribution in [0.2, 0.25) is 0 Å². The third-order valence-corrected chi connectivity index (χ3v) is 1.83. The molecule has 0 spiro atoms. The standard InChI is InChI=1S/C12H13N2O2/c1-13-8-12(16)14-11(9-15)7-10-5-3-2-4-6-10/h2-7,13H,8H2,1H3,(H,14,16). The van der Waals surface area contributed by atoms with E-state index in [0.717, 1.165) is 5.56 Å². The average Bonchev–Trinajstić information content (AvgIpc) is 2.30. The second-order valence-electron chi connectivity index (χ2n) is 3.15. The van der Waals surface area contributed by atoms with Crippen molar-refractivity contribution in [2.45, 2.75) is 0 Å². The molecule has 16 heavy (non-hydrogen) atoms. The highest BCUT2D eigenvalue weighted by Gasteiger charge is 2.02. The summed E-state index contributed by atoms with van der Waals surface area (Å²) in [6.45, 7) is 0.161. The van der Waals surface area contributed by atoms with Crippen molar-refractivity contribution in [2.24, 2.45) is 0 Å². The van der Waals surface area contributed by atoms with Crippen LogP contribution in [0.5, 0.6) is 0 Å². The van der Waals surface area contributed by atoms with Crippen molar-refractivity contribution in [1.82, 2.24) is 10.6 Å². The van der Waals surface area contributed by atoms with Crippen LogP contribution < -0.4 is 10.6 Å². The summed E-state index contributed by atoms with van der Waals surface area (Å²) in [7, 11) is 1.66. The molecule has 83 valence electrons. The van der Waals surface area contributed by atoms with Crippen LogP contribution in [0.25, 0.3) is 6.08 Å². The molecule has 1 radical (unpaired) electrons. The Hall–Kier alpha value is -1.94. The van der Waals surface area contributed by atoms with Crippen LogP contribution in [-0.2, 0) is 9.59 Å². The summed E-state index contributed by atoms with van der Waals surface area (Å²) in [5, 5.41) is 5.14. The van der Waals surface area contributed by atoms with Crippen molar-refractivity contribution >= 4 is 18.3 Å². The number of allylic oxidation sites excluding steroid dienone is 1. The molecule has 0 saturated carbocycles. The smallest absolute Gasteiger partial charge is 0.251 e. The van der Waals surface area contributed by atoms with Gasteiger partial charge in [-0.05, 0) is 18.7 Å². The number of likely N-dealkylation sites (N-methyl/N-ethyl adjacent to an activating group) is 1. The SMILES string of the molecule is CNCC(=O)NC([C]=O)=Cc1ccccc1.